The number of hydrogen-bond acceptors (Lipinski definition) is 5. The first-order valence-electron chi connectivity index (χ1n) is 9.50. The summed E-state index contributed by atoms with van der Waals surface area (Å²) in [6.07, 6.45) is 1.70. The van der Waals surface area contributed by atoms with Crippen molar-refractivity contribution in [2.75, 3.05) is 46.3 Å². The Bertz CT molecular complexity index is 877. The number of likely N-dealkylation sites (N-methyl/N-ethyl adjacent to an activating group) is 1. The largest absolute Gasteiger partial charge is 0.421 e. The molecule has 1 amide bonds. The van der Waals surface area contributed by atoms with Crippen molar-refractivity contribution in [1.82, 2.24) is 19.3 Å². The molecule has 8 heteroatoms. The van der Waals surface area contributed by atoms with Crippen LogP contribution in [-0.2, 0) is 11.5 Å². The maximum Gasteiger partial charge on any atom is 0.421 e. The van der Waals surface area contributed by atoms with Crippen molar-refractivity contribution in [2.45, 2.75) is 19.5 Å². The van der Waals surface area contributed by atoms with E-state index >= 15 is 0 Å². The second-order valence-corrected chi connectivity index (χ2v) is 8.49. The molecule has 1 aromatic heterocycles. The minimum atomic E-state index is -0.335. The van der Waals surface area contributed by atoms with Crippen molar-refractivity contribution >= 4 is 32.9 Å². The Balaban J connectivity index is 1.37. The molecule has 7 nitrogen and oxygen atoms in total. The molecule has 2 fully saturated rings. The molecule has 4 rings (SSSR count). The number of oxazole rings is 1. The lowest BCUT2D eigenvalue weighted by molar-refractivity contribution is -0.138. The average molecular weight is 437 g/mol. The van der Waals surface area contributed by atoms with Gasteiger partial charge in [0.25, 0.3) is 0 Å². The summed E-state index contributed by atoms with van der Waals surface area (Å²) in [5.41, 5.74) is 1.40. The van der Waals surface area contributed by atoms with Gasteiger partial charge < -0.3 is 14.2 Å². The number of piperidine rings is 1. The van der Waals surface area contributed by atoms with Crippen molar-refractivity contribution in [3.05, 3.63) is 33.2 Å². The highest BCUT2D eigenvalue weighted by Crippen LogP contribution is 2.23. The van der Waals surface area contributed by atoms with E-state index in [2.05, 4.69) is 32.8 Å². The van der Waals surface area contributed by atoms with E-state index < -0.39 is 0 Å². The predicted octanol–water partition coefficient (Wildman–Crippen LogP) is 1.80. The maximum absolute atomic E-state index is 12.8. The van der Waals surface area contributed by atoms with Crippen molar-refractivity contribution in [3.8, 4) is 0 Å². The zero-order chi connectivity index (χ0) is 19.0. The SMILES string of the molecule is CN1CCN(C(=O)C2CCN(Cn3c(=O)oc4cc(Br)ccc43)CC2)CC1. The first kappa shape index (κ1) is 18.7. The van der Waals surface area contributed by atoms with Crippen molar-refractivity contribution < 1.29 is 9.21 Å². The Morgan fingerprint density at radius 1 is 1.15 bits per heavy atom. The summed E-state index contributed by atoms with van der Waals surface area (Å²) < 4.78 is 7.91. The quantitative estimate of drug-likeness (QED) is 0.733. The van der Waals surface area contributed by atoms with E-state index in [1.165, 1.54) is 0 Å². The van der Waals surface area contributed by atoms with E-state index in [0.29, 0.717) is 18.2 Å². The molecule has 2 aliphatic heterocycles. The van der Waals surface area contributed by atoms with Gasteiger partial charge in [-0.05, 0) is 38.1 Å². The van der Waals surface area contributed by atoms with E-state index in [-0.39, 0.29) is 11.7 Å². The molecule has 0 radical (unpaired) electrons. The Morgan fingerprint density at radius 3 is 2.56 bits per heavy atom. The number of halogens is 1. The Kier molecular flexibility index (Phi) is 5.39. The number of benzene rings is 1. The second kappa shape index (κ2) is 7.77. The number of piperazine rings is 1. The third-order valence-corrected chi connectivity index (χ3v) is 6.22. The summed E-state index contributed by atoms with van der Waals surface area (Å²) >= 11 is 3.40. The fraction of sp³-hybridized carbons (Fsp3) is 0.579. The van der Waals surface area contributed by atoms with Crippen molar-refractivity contribution in [3.63, 3.8) is 0 Å². The van der Waals surface area contributed by atoms with Gasteiger partial charge in [0.05, 0.1) is 12.2 Å². The van der Waals surface area contributed by atoms with Crippen molar-refractivity contribution in [1.29, 1.82) is 0 Å². The van der Waals surface area contributed by atoms with E-state index in [4.69, 9.17) is 4.42 Å². The van der Waals surface area contributed by atoms with Crippen LogP contribution in [0.1, 0.15) is 12.8 Å². The molecule has 0 bridgehead atoms. The summed E-state index contributed by atoms with van der Waals surface area (Å²) in [4.78, 5) is 31.5. The first-order valence-corrected chi connectivity index (χ1v) is 10.3. The molecule has 0 atom stereocenters. The van der Waals surface area contributed by atoms with Crippen LogP contribution >= 0.6 is 15.9 Å². The van der Waals surface area contributed by atoms with Gasteiger partial charge in [-0.25, -0.2) is 4.79 Å². The Hall–Kier alpha value is -1.64. The topological polar surface area (TPSA) is 61.9 Å². The number of aromatic nitrogens is 1. The summed E-state index contributed by atoms with van der Waals surface area (Å²) in [5.74, 6) is 0.0793. The number of carbonyl (C=O) groups excluding carboxylic acids is 1. The fourth-order valence-electron chi connectivity index (χ4n) is 3.98. The van der Waals surface area contributed by atoms with Gasteiger partial charge in [0.2, 0.25) is 5.91 Å². The van der Waals surface area contributed by atoms with Crippen LogP contribution in [0.25, 0.3) is 11.1 Å². The zero-order valence-electron chi connectivity index (χ0n) is 15.6. The van der Waals surface area contributed by atoms with Gasteiger partial charge in [0, 0.05) is 49.7 Å². The van der Waals surface area contributed by atoms with Crippen LogP contribution in [0.4, 0.5) is 0 Å². The number of likely N-dealkylation sites (tertiary alicyclic amines) is 1. The van der Waals surface area contributed by atoms with Crippen LogP contribution in [0.3, 0.4) is 0 Å². The van der Waals surface area contributed by atoms with Gasteiger partial charge in [-0.3, -0.25) is 14.3 Å². The number of carbonyl (C=O) groups is 1. The lowest BCUT2D eigenvalue weighted by Gasteiger charge is -2.37. The van der Waals surface area contributed by atoms with E-state index in [1.807, 2.05) is 23.1 Å². The number of nitrogens with zero attached hydrogens (tertiary/aromatic N) is 4. The van der Waals surface area contributed by atoms with Crippen LogP contribution in [0.15, 0.2) is 31.9 Å². The maximum atomic E-state index is 12.8. The molecule has 146 valence electrons. The molecular formula is C19H25BrN4O3. The second-order valence-electron chi connectivity index (χ2n) is 7.57. The molecule has 27 heavy (non-hydrogen) atoms. The summed E-state index contributed by atoms with van der Waals surface area (Å²) in [6, 6.07) is 5.62. The minimum Gasteiger partial charge on any atom is -0.408 e. The summed E-state index contributed by atoms with van der Waals surface area (Å²) in [6.45, 7) is 5.72. The van der Waals surface area contributed by atoms with Gasteiger partial charge in [0.1, 0.15) is 0 Å². The third kappa shape index (κ3) is 3.97. The normalized spacial score (nSPS) is 20.4. The van der Waals surface area contributed by atoms with Crippen LogP contribution in [0.2, 0.25) is 0 Å². The average Bonchev–Trinajstić information content (AvgIpc) is 2.97. The highest BCUT2D eigenvalue weighted by atomic mass is 79.9. The molecule has 0 aliphatic carbocycles. The highest BCUT2D eigenvalue weighted by molar-refractivity contribution is 9.10. The molecule has 3 heterocycles. The number of fused-ring (bicyclic) bond motifs is 1. The van der Waals surface area contributed by atoms with Crippen LogP contribution in [-0.4, -0.2) is 71.5 Å². The molecule has 2 saturated heterocycles. The first-order chi connectivity index (χ1) is 13.0. The van der Waals surface area contributed by atoms with E-state index in [9.17, 15) is 9.59 Å². The molecule has 2 aromatic rings. The lowest BCUT2D eigenvalue weighted by atomic mass is 9.95. The van der Waals surface area contributed by atoms with Crippen LogP contribution < -0.4 is 5.76 Å². The van der Waals surface area contributed by atoms with Gasteiger partial charge in [0.15, 0.2) is 5.58 Å². The van der Waals surface area contributed by atoms with E-state index in [1.54, 1.807) is 4.57 Å². The summed E-state index contributed by atoms with van der Waals surface area (Å²) in [5, 5.41) is 0. The number of hydrogen-bond donors (Lipinski definition) is 0. The lowest BCUT2D eigenvalue weighted by Crippen LogP contribution is -2.50. The molecule has 0 unspecified atom stereocenters. The van der Waals surface area contributed by atoms with Crippen LogP contribution in [0.5, 0.6) is 0 Å². The molecular weight excluding hydrogens is 412 g/mol. The van der Waals surface area contributed by atoms with Gasteiger partial charge >= 0.3 is 5.76 Å². The van der Waals surface area contributed by atoms with Gasteiger partial charge in [-0.2, -0.15) is 0 Å². The molecule has 2 aliphatic rings. The standard InChI is InChI=1S/C19H25BrN4O3/c1-21-8-10-23(11-9-21)18(25)14-4-6-22(7-5-14)13-24-16-3-2-15(20)12-17(16)27-19(24)26/h2-3,12,14H,4-11,13H2,1H3. The highest BCUT2D eigenvalue weighted by Gasteiger charge is 2.30. The Labute approximate surface area is 166 Å². The van der Waals surface area contributed by atoms with Gasteiger partial charge in [-0.15, -0.1) is 0 Å². The number of amides is 1. The van der Waals surface area contributed by atoms with E-state index in [0.717, 1.165) is 62.1 Å². The minimum absolute atomic E-state index is 0.110. The smallest absolute Gasteiger partial charge is 0.408 e. The molecule has 0 N–H and O–H groups in total. The van der Waals surface area contributed by atoms with Crippen LogP contribution in [0, 0.1) is 5.92 Å². The van der Waals surface area contributed by atoms with Gasteiger partial charge in [-0.1, -0.05) is 15.9 Å². The summed E-state index contributed by atoms with van der Waals surface area (Å²) in [7, 11) is 2.10. The molecule has 0 spiro atoms. The zero-order valence-corrected chi connectivity index (χ0v) is 17.2. The third-order valence-electron chi connectivity index (χ3n) is 5.72. The molecule has 0 saturated carbocycles. The molecule has 1 aromatic carbocycles. The number of rotatable bonds is 3. The monoisotopic (exact) mass is 436 g/mol. The Morgan fingerprint density at radius 2 is 1.85 bits per heavy atom. The fourth-order valence-corrected chi connectivity index (χ4v) is 4.32. The predicted molar refractivity (Wildman–Crippen MR) is 107 cm³/mol. The van der Waals surface area contributed by atoms with Crippen molar-refractivity contribution in [2.24, 2.45) is 5.92 Å².